The number of nitrogens with one attached hydrogen (secondary N) is 1. The molecular weight excluding hydrogens is 214 g/mol. The predicted octanol–water partition coefficient (Wildman–Crippen LogP) is 0.0551. The highest BCUT2D eigenvalue weighted by molar-refractivity contribution is 7.31. The minimum atomic E-state index is -1.23. The van der Waals surface area contributed by atoms with Gasteiger partial charge in [-0.25, -0.2) is 4.39 Å². The Hall–Kier alpha value is 0.370. The molecule has 3 radical (unpaired) electrons. The van der Waals surface area contributed by atoms with E-state index in [1.807, 2.05) is 6.66 Å². The third kappa shape index (κ3) is 3.42. The Labute approximate surface area is 95.8 Å². The summed E-state index contributed by atoms with van der Waals surface area (Å²) in [6.45, 7) is 3.31. The van der Waals surface area contributed by atoms with Crippen LogP contribution in [0.1, 0.15) is 8.29 Å². The van der Waals surface area contributed by atoms with Gasteiger partial charge < -0.3 is 14.6 Å². The van der Waals surface area contributed by atoms with Crippen molar-refractivity contribution < 1.29 is 15.0 Å². The van der Waals surface area contributed by atoms with Crippen molar-refractivity contribution in [3.8, 4) is 0 Å². The number of hydrogen-bond donors (Lipinski definition) is 1. The van der Waals surface area contributed by atoms with Crippen molar-refractivity contribution in [1.82, 2.24) is 5.32 Å². The van der Waals surface area contributed by atoms with Crippen LogP contribution in [0.2, 0.25) is 0 Å². The van der Waals surface area contributed by atoms with Crippen LogP contribution in [0.25, 0.3) is 0 Å². The summed E-state index contributed by atoms with van der Waals surface area (Å²) in [5.74, 6) is 0. The Morgan fingerprint density at radius 3 is 3.07 bits per heavy atom. The zero-order valence-corrected chi connectivity index (χ0v) is 9.94. The molecule has 0 aromatic carbocycles. The quantitative estimate of drug-likeness (QED) is 0.518. The zero-order chi connectivity index (χ0) is 12.1. The Bertz CT molecular complexity index is 218. The molecule has 1 rings (SSSR count). The Balaban J connectivity index is 2.57. The van der Waals surface area contributed by atoms with Gasteiger partial charge >= 0.3 is 0 Å². The zero-order valence-electron chi connectivity index (χ0n) is 9.94. The fourth-order valence-corrected chi connectivity index (χ4v) is 1.95. The smallest absolute Gasteiger partial charge is 0.135 e. The number of likely N-dealkylation sites (N-methyl/N-ethyl adjacent to an activating group) is 1. The van der Waals surface area contributed by atoms with Gasteiger partial charge in [-0.2, -0.15) is 0 Å². The second-order valence-electron chi connectivity index (χ2n) is 3.27. The van der Waals surface area contributed by atoms with Gasteiger partial charge in [-0.15, -0.1) is 0 Å². The van der Waals surface area contributed by atoms with Gasteiger partial charge in [0.15, 0.2) is 0 Å². The molecule has 6 atom stereocenters. The average Bonchev–Trinajstić information content (AvgIpc) is 2.53. The maximum atomic E-state index is 13.9. The van der Waals surface area contributed by atoms with Gasteiger partial charge in [0, 0.05) is 23.9 Å². The van der Waals surface area contributed by atoms with E-state index < -0.39 is 24.7 Å². The van der Waals surface area contributed by atoms with E-state index in [2.05, 4.69) is 5.32 Å². The van der Waals surface area contributed by atoms with Crippen molar-refractivity contribution in [2.24, 2.45) is 0 Å². The number of ether oxygens (including phenoxy) is 1. The largest absolute Gasteiger partial charge is 0.378 e. The van der Waals surface area contributed by atoms with Gasteiger partial charge in [0.25, 0.3) is 0 Å². The van der Waals surface area contributed by atoms with E-state index in [4.69, 9.17) is 18.4 Å². The first kappa shape index (κ1) is 11.8. The van der Waals surface area contributed by atoms with Crippen molar-refractivity contribution in [2.75, 3.05) is 19.8 Å². The number of alkyl halides is 1. The van der Waals surface area contributed by atoms with Crippen molar-refractivity contribution in [3.05, 3.63) is 0 Å². The SMILES string of the molecule is [3H]C(C)N[C@@H]1C(F)[C@H]([B][B])O[C@@H]1COPC. The molecule has 1 N–H and O–H groups in total. The van der Waals surface area contributed by atoms with Crippen LogP contribution < -0.4 is 5.32 Å². The molecule has 1 aliphatic rings. The van der Waals surface area contributed by atoms with Crippen molar-refractivity contribution in [1.29, 1.82) is 0 Å². The molecule has 7 heteroatoms. The van der Waals surface area contributed by atoms with Gasteiger partial charge in [-0.05, 0) is 13.2 Å². The molecule has 0 aromatic rings. The van der Waals surface area contributed by atoms with E-state index in [9.17, 15) is 4.39 Å². The lowest BCUT2D eigenvalue weighted by atomic mass is 9.50. The normalized spacial score (nSPS) is 39.5. The summed E-state index contributed by atoms with van der Waals surface area (Å²) >= 11 is 0. The molecule has 1 saturated heterocycles. The molecule has 3 unspecified atom stereocenters. The predicted molar refractivity (Wildman–Crippen MR) is 62.7 cm³/mol. The van der Waals surface area contributed by atoms with Crippen LogP contribution >= 0.6 is 8.81 Å². The van der Waals surface area contributed by atoms with E-state index in [1.165, 1.54) is 7.17 Å². The second kappa shape index (κ2) is 6.85. The first-order valence-corrected chi connectivity index (χ1v) is 6.32. The summed E-state index contributed by atoms with van der Waals surface area (Å²) in [6.07, 6.45) is -1.62. The van der Waals surface area contributed by atoms with Gasteiger partial charge in [0.1, 0.15) is 6.17 Å². The molecule has 1 heterocycles. The molecule has 0 bridgehead atoms. The molecule has 0 aliphatic carbocycles. The molecule has 0 spiro atoms. The lowest BCUT2D eigenvalue weighted by Gasteiger charge is -2.19. The van der Waals surface area contributed by atoms with Crippen LogP contribution in [0.15, 0.2) is 0 Å². The standard InChI is InChI=1S/C8H16B2FNO2P/c1-3-12-7-5(4-13-15-2)14-8(10-9)6(7)11/h5-8,12,15H,3-4H2,1-2H3/t5-,6?,7+,8-/m1/s1/i3T/t3?,5-,6?,7+,8-. The highest BCUT2D eigenvalue weighted by atomic mass is 31.1. The van der Waals surface area contributed by atoms with Crippen molar-refractivity contribution in [3.63, 3.8) is 0 Å². The van der Waals surface area contributed by atoms with E-state index in [1.54, 1.807) is 6.92 Å². The lowest BCUT2D eigenvalue weighted by molar-refractivity contribution is 0.0424. The molecule has 1 aliphatic heterocycles. The van der Waals surface area contributed by atoms with Gasteiger partial charge in [0.2, 0.25) is 0 Å². The van der Waals surface area contributed by atoms with Crippen LogP contribution in [0.5, 0.6) is 0 Å². The minimum Gasteiger partial charge on any atom is -0.378 e. The maximum Gasteiger partial charge on any atom is 0.135 e. The first-order chi connectivity index (χ1) is 7.60. The third-order valence-corrected chi connectivity index (χ3v) is 2.79. The van der Waals surface area contributed by atoms with Crippen LogP contribution in [-0.4, -0.2) is 59.0 Å². The lowest BCUT2D eigenvalue weighted by Crippen LogP contribution is -2.44. The van der Waals surface area contributed by atoms with Crippen LogP contribution in [0.3, 0.4) is 0 Å². The van der Waals surface area contributed by atoms with Crippen LogP contribution in [-0.2, 0) is 9.26 Å². The summed E-state index contributed by atoms with van der Waals surface area (Å²) in [4.78, 5) is 0. The number of halogens is 1. The van der Waals surface area contributed by atoms with E-state index in [0.717, 1.165) is 0 Å². The molecule has 0 amide bonds. The van der Waals surface area contributed by atoms with Gasteiger partial charge in [-0.3, -0.25) is 0 Å². The number of hydrogen-bond acceptors (Lipinski definition) is 3. The summed E-state index contributed by atoms with van der Waals surface area (Å²) in [5, 5.41) is 2.83. The molecule has 15 heavy (non-hydrogen) atoms. The number of rotatable bonds is 6. The topological polar surface area (TPSA) is 30.5 Å². The van der Waals surface area contributed by atoms with Crippen molar-refractivity contribution in [2.45, 2.75) is 31.2 Å². The maximum absolute atomic E-state index is 13.9. The highest BCUT2D eigenvalue weighted by Crippen LogP contribution is 2.24. The molecule has 83 valence electrons. The Morgan fingerprint density at radius 2 is 2.53 bits per heavy atom. The van der Waals surface area contributed by atoms with Crippen LogP contribution in [0, 0.1) is 0 Å². The molecule has 0 aromatic heterocycles. The Kier molecular flexibility index (Phi) is 5.41. The van der Waals surface area contributed by atoms with Gasteiger partial charge in [0.05, 0.1) is 25.9 Å². The van der Waals surface area contributed by atoms with E-state index >= 15 is 0 Å². The highest BCUT2D eigenvalue weighted by Gasteiger charge is 2.43. The van der Waals surface area contributed by atoms with Crippen molar-refractivity contribution >= 4 is 23.7 Å². The fraction of sp³-hybridized carbons (Fsp3) is 1.00. The average molecular weight is 232 g/mol. The van der Waals surface area contributed by atoms with Crippen LogP contribution in [0.4, 0.5) is 4.39 Å². The summed E-state index contributed by atoms with van der Waals surface area (Å²) in [6, 6.07) is -1.25. The molecule has 1 fully saturated rings. The molecule has 3 nitrogen and oxygen atoms in total. The summed E-state index contributed by atoms with van der Waals surface area (Å²) < 4.78 is 31.9. The summed E-state index contributed by atoms with van der Waals surface area (Å²) in [5.41, 5.74) is 0. The minimum absolute atomic E-state index is 0.324. The first-order valence-electron chi connectivity index (χ1n) is 5.49. The molecule has 0 saturated carbocycles. The van der Waals surface area contributed by atoms with E-state index in [-0.39, 0.29) is 6.10 Å². The van der Waals surface area contributed by atoms with Gasteiger partial charge in [-0.1, -0.05) is 6.92 Å². The molecular formula is C8H16B2FNO2P. The fourth-order valence-electron chi connectivity index (χ4n) is 1.62. The van der Waals surface area contributed by atoms with E-state index in [0.29, 0.717) is 15.4 Å². The Morgan fingerprint density at radius 1 is 1.80 bits per heavy atom. The third-order valence-electron chi connectivity index (χ3n) is 2.33. The monoisotopic (exact) mass is 232 g/mol. The summed E-state index contributed by atoms with van der Waals surface area (Å²) in [7, 11) is 6.85. The second-order valence-corrected chi connectivity index (χ2v) is 3.97.